The molecule has 3 aromatic rings. The lowest BCUT2D eigenvalue weighted by Gasteiger charge is -2.44. The lowest BCUT2D eigenvalue weighted by Crippen LogP contribution is -2.61. The van der Waals surface area contributed by atoms with Crippen molar-refractivity contribution >= 4 is 27.3 Å². The third kappa shape index (κ3) is 4.03. The number of aliphatic hydroxyl groups is 3. The van der Waals surface area contributed by atoms with Gasteiger partial charge >= 0.3 is 0 Å². The van der Waals surface area contributed by atoms with E-state index in [1.165, 1.54) is 6.07 Å². The van der Waals surface area contributed by atoms with Gasteiger partial charge in [0.1, 0.15) is 24.1 Å². The van der Waals surface area contributed by atoms with Gasteiger partial charge in [-0.3, -0.25) is 0 Å². The van der Waals surface area contributed by atoms with Gasteiger partial charge in [0, 0.05) is 28.0 Å². The Hall–Kier alpha value is -2.36. The highest BCUT2D eigenvalue weighted by molar-refractivity contribution is 7.19. The third-order valence-electron chi connectivity index (χ3n) is 6.54. The van der Waals surface area contributed by atoms with Gasteiger partial charge in [-0.05, 0) is 41.6 Å². The highest BCUT2D eigenvalue weighted by Crippen LogP contribution is 2.46. The molecule has 2 aliphatic rings. The second kappa shape index (κ2) is 9.36. The lowest BCUT2D eigenvalue weighted by molar-refractivity contribution is -0.262. The van der Waals surface area contributed by atoms with Crippen LogP contribution in [0.4, 0.5) is 4.39 Å². The van der Waals surface area contributed by atoms with Crippen molar-refractivity contribution in [2.45, 2.75) is 62.7 Å². The van der Waals surface area contributed by atoms with Crippen LogP contribution in [0.25, 0.3) is 10.1 Å². The monoisotopic (exact) mass is 485 g/mol. The van der Waals surface area contributed by atoms with Crippen LogP contribution in [0, 0.1) is 5.82 Å². The van der Waals surface area contributed by atoms with E-state index in [2.05, 4.69) is 13.0 Å². The Kier molecular flexibility index (Phi) is 6.43. The third-order valence-corrected chi connectivity index (χ3v) is 7.65. The highest BCUT2D eigenvalue weighted by Gasteiger charge is 2.60. The van der Waals surface area contributed by atoms with E-state index in [-0.39, 0.29) is 5.82 Å². The van der Waals surface area contributed by atoms with Crippen molar-refractivity contribution < 1.29 is 29.2 Å². The fourth-order valence-electron chi connectivity index (χ4n) is 4.73. The summed E-state index contributed by atoms with van der Waals surface area (Å²) in [5.41, 5.74) is -0.484. The molecule has 2 aliphatic heterocycles. The van der Waals surface area contributed by atoms with E-state index in [9.17, 15) is 19.7 Å². The number of thiophene rings is 1. The van der Waals surface area contributed by atoms with Crippen LogP contribution < -0.4 is 0 Å². The predicted octanol–water partition coefficient (Wildman–Crippen LogP) is 3.88. The zero-order valence-electron chi connectivity index (χ0n) is 18.9. The zero-order chi connectivity index (χ0) is 23.9. The fourth-order valence-corrected chi connectivity index (χ4v) is 5.81. The van der Waals surface area contributed by atoms with Gasteiger partial charge in [-0.1, -0.05) is 37.6 Å². The van der Waals surface area contributed by atoms with Crippen LogP contribution in [0.5, 0.6) is 0 Å². The molecule has 5 rings (SSSR count). The summed E-state index contributed by atoms with van der Waals surface area (Å²) in [6.45, 7) is 1.55. The van der Waals surface area contributed by atoms with E-state index in [4.69, 9.17) is 14.5 Å². The smallest absolute Gasteiger partial charge is 0.228 e. The van der Waals surface area contributed by atoms with Gasteiger partial charge in [-0.25, -0.2) is 9.38 Å². The van der Waals surface area contributed by atoms with Crippen LogP contribution in [0.2, 0.25) is 0 Å². The minimum Gasteiger partial charge on any atom is -0.469 e. The minimum absolute atomic E-state index is 0.349. The van der Waals surface area contributed by atoms with E-state index < -0.39 is 36.7 Å². The van der Waals surface area contributed by atoms with Gasteiger partial charge < -0.3 is 24.8 Å². The number of hydrogen-bond donors (Lipinski definition) is 3. The molecule has 0 amide bonds. The second-order valence-corrected chi connectivity index (χ2v) is 10.1. The standard InChI is InChI=1S/C26H28FNO5S/c1-2-3-8-22-28-26(25(32-22)24(31)23(30)20(14-29)33-26)17-9-10-19(27)16(11-17)13-18-12-15-6-4-5-7-21(15)34-18/h4-7,9-12,20,23-25,29-31H,2-3,8,13-14H2,1H3/t20-,23-,24+,25?,26?/m1/s1. The molecule has 0 spiro atoms. The van der Waals surface area contributed by atoms with E-state index in [0.29, 0.717) is 29.9 Å². The first kappa shape index (κ1) is 23.4. The van der Waals surface area contributed by atoms with Crippen LogP contribution in [-0.2, 0) is 21.6 Å². The molecule has 0 radical (unpaired) electrons. The number of aliphatic imine (C=N–C) groups is 1. The first-order chi connectivity index (χ1) is 16.4. The molecule has 1 saturated heterocycles. The van der Waals surface area contributed by atoms with Crippen molar-refractivity contribution in [1.29, 1.82) is 0 Å². The summed E-state index contributed by atoms with van der Waals surface area (Å²) in [6, 6.07) is 14.7. The number of rotatable bonds is 7. The summed E-state index contributed by atoms with van der Waals surface area (Å²) in [5, 5.41) is 32.2. The van der Waals surface area contributed by atoms with Crippen LogP contribution in [0.1, 0.15) is 42.2 Å². The second-order valence-electron chi connectivity index (χ2n) is 8.90. The van der Waals surface area contributed by atoms with Gasteiger partial charge in [0.15, 0.2) is 12.0 Å². The van der Waals surface area contributed by atoms with Crippen LogP contribution >= 0.6 is 11.3 Å². The molecule has 3 heterocycles. The lowest BCUT2D eigenvalue weighted by atomic mass is 9.85. The van der Waals surface area contributed by atoms with E-state index in [1.807, 2.05) is 24.3 Å². The topological polar surface area (TPSA) is 91.5 Å². The van der Waals surface area contributed by atoms with Gasteiger partial charge in [0.05, 0.1) is 6.61 Å². The molecule has 5 atom stereocenters. The Bertz CT molecular complexity index is 1180. The molecule has 2 aromatic carbocycles. The molecule has 180 valence electrons. The number of benzene rings is 2. The maximum Gasteiger partial charge on any atom is 0.228 e. The van der Waals surface area contributed by atoms with Crippen molar-refractivity contribution in [1.82, 2.24) is 0 Å². The summed E-state index contributed by atoms with van der Waals surface area (Å²) in [4.78, 5) is 5.74. The quantitative estimate of drug-likeness (QED) is 0.472. The Morgan fingerprint density at radius 3 is 2.71 bits per heavy atom. The molecule has 0 bridgehead atoms. The predicted molar refractivity (Wildman–Crippen MR) is 129 cm³/mol. The minimum atomic E-state index is -1.47. The normalized spacial score (nSPS) is 28.6. The van der Waals surface area contributed by atoms with Crippen molar-refractivity contribution in [3.63, 3.8) is 0 Å². The molecule has 0 aliphatic carbocycles. The van der Waals surface area contributed by atoms with E-state index in [0.717, 1.165) is 27.8 Å². The maximum absolute atomic E-state index is 14.9. The fraction of sp³-hybridized carbons (Fsp3) is 0.423. The number of halogens is 1. The Morgan fingerprint density at radius 2 is 1.94 bits per heavy atom. The van der Waals surface area contributed by atoms with E-state index in [1.54, 1.807) is 23.5 Å². The average Bonchev–Trinajstić information content (AvgIpc) is 3.43. The highest BCUT2D eigenvalue weighted by atomic mass is 32.1. The number of unbranched alkanes of at least 4 members (excludes halogenated alkanes) is 1. The molecule has 6 nitrogen and oxygen atoms in total. The van der Waals surface area contributed by atoms with Gasteiger partial charge in [-0.15, -0.1) is 11.3 Å². The van der Waals surface area contributed by atoms with Crippen LogP contribution in [-0.4, -0.2) is 52.2 Å². The molecule has 3 N–H and O–H groups in total. The SMILES string of the molecule is CCCCC1=NC2(c3ccc(F)c(Cc4cc5ccccc5s4)c3)O[C@H](CO)[C@@H](O)[C@H](O)C2O1. The van der Waals surface area contributed by atoms with Crippen LogP contribution in [0.15, 0.2) is 53.5 Å². The molecule has 1 aromatic heterocycles. The largest absolute Gasteiger partial charge is 0.469 e. The van der Waals surface area contributed by atoms with Gasteiger partial charge in [0.25, 0.3) is 0 Å². The Morgan fingerprint density at radius 1 is 1.12 bits per heavy atom. The van der Waals surface area contributed by atoms with Crippen molar-refractivity contribution in [3.05, 3.63) is 70.4 Å². The van der Waals surface area contributed by atoms with E-state index >= 15 is 0 Å². The number of nitrogens with zero attached hydrogens (tertiary/aromatic N) is 1. The molecule has 1 fully saturated rings. The molecular weight excluding hydrogens is 457 g/mol. The summed E-state index contributed by atoms with van der Waals surface area (Å²) in [6.07, 6.45) is -2.00. The summed E-state index contributed by atoms with van der Waals surface area (Å²) in [7, 11) is 0. The van der Waals surface area contributed by atoms with Crippen molar-refractivity contribution in [3.8, 4) is 0 Å². The first-order valence-corrected chi connectivity index (χ1v) is 12.4. The Balaban J connectivity index is 1.54. The maximum atomic E-state index is 14.9. The number of aliphatic hydroxyl groups excluding tert-OH is 3. The molecule has 2 unspecified atom stereocenters. The Labute approximate surface area is 201 Å². The zero-order valence-corrected chi connectivity index (χ0v) is 19.7. The summed E-state index contributed by atoms with van der Waals surface area (Å²) >= 11 is 1.62. The number of fused-ring (bicyclic) bond motifs is 2. The van der Waals surface area contributed by atoms with Crippen LogP contribution in [0.3, 0.4) is 0 Å². The summed E-state index contributed by atoms with van der Waals surface area (Å²) < 4.78 is 28.1. The van der Waals surface area contributed by atoms with Gasteiger partial charge in [-0.2, -0.15) is 0 Å². The first-order valence-electron chi connectivity index (χ1n) is 11.6. The molecular formula is C26H28FNO5S. The van der Waals surface area contributed by atoms with Crippen molar-refractivity contribution in [2.24, 2.45) is 4.99 Å². The molecule has 34 heavy (non-hydrogen) atoms. The average molecular weight is 486 g/mol. The number of ether oxygens (including phenoxy) is 2. The number of hydrogen-bond acceptors (Lipinski definition) is 7. The molecule has 0 saturated carbocycles. The summed E-state index contributed by atoms with van der Waals surface area (Å²) in [5.74, 6) is 0.0745. The van der Waals surface area contributed by atoms with Crippen molar-refractivity contribution in [2.75, 3.05) is 6.61 Å². The van der Waals surface area contributed by atoms with Gasteiger partial charge in [0.2, 0.25) is 5.72 Å². The molecule has 8 heteroatoms.